The number of likely N-dealkylation sites (tertiary alicyclic amines) is 1. The Morgan fingerprint density at radius 3 is 2.62 bits per heavy atom. The maximum atomic E-state index is 12.2. The molecule has 0 atom stereocenters. The first-order valence-electron chi connectivity index (χ1n) is 8.44. The van der Waals surface area contributed by atoms with Crippen LogP contribution in [0, 0.1) is 0 Å². The van der Waals surface area contributed by atoms with Crippen molar-refractivity contribution in [1.29, 1.82) is 0 Å². The molecule has 1 spiro atoms. The van der Waals surface area contributed by atoms with Crippen molar-refractivity contribution < 1.29 is 18.4 Å². The van der Waals surface area contributed by atoms with E-state index in [-0.39, 0.29) is 30.8 Å². The van der Waals surface area contributed by atoms with E-state index in [0.717, 1.165) is 30.5 Å². The number of amides is 1. The molecule has 2 aliphatic heterocycles. The minimum atomic E-state index is -2.33. The Morgan fingerprint density at radius 2 is 1.96 bits per heavy atom. The van der Waals surface area contributed by atoms with E-state index in [2.05, 4.69) is 5.16 Å². The quantitative estimate of drug-likeness (QED) is 0.824. The first-order chi connectivity index (χ1) is 11.6. The number of rotatable bonds is 5. The highest BCUT2D eigenvalue weighted by Gasteiger charge is 2.42. The molecule has 6 heteroatoms. The molecule has 24 heavy (non-hydrogen) atoms. The maximum absolute atomic E-state index is 12.2. The van der Waals surface area contributed by atoms with Crippen LogP contribution < -0.4 is 0 Å². The van der Waals surface area contributed by atoms with Crippen LogP contribution in [0.25, 0.3) is 0 Å². The second-order valence-corrected chi connectivity index (χ2v) is 6.52. The largest absolute Gasteiger partial charge is 0.388 e. The van der Waals surface area contributed by atoms with Crippen molar-refractivity contribution in [2.24, 2.45) is 5.16 Å². The molecule has 3 rings (SSSR count). The smallest absolute Gasteiger partial charge is 0.238 e. The topological polar surface area (TPSA) is 41.9 Å². The number of hydrogen-bond acceptors (Lipinski definition) is 3. The van der Waals surface area contributed by atoms with Crippen LogP contribution in [0.4, 0.5) is 8.78 Å². The summed E-state index contributed by atoms with van der Waals surface area (Å²) in [5.41, 5.74) is 1.71. The van der Waals surface area contributed by atoms with Gasteiger partial charge in [-0.1, -0.05) is 35.5 Å². The van der Waals surface area contributed by atoms with Gasteiger partial charge in [-0.25, -0.2) is 8.78 Å². The van der Waals surface area contributed by atoms with Crippen LogP contribution in [0.2, 0.25) is 0 Å². The molecule has 0 aromatic heterocycles. The molecule has 1 amide bonds. The molecule has 1 fully saturated rings. The van der Waals surface area contributed by atoms with E-state index >= 15 is 0 Å². The van der Waals surface area contributed by atoms with E-state index < -0.39 is 6.43 Å². The van der Waals surface area contributed by atoms with Crippen molar-refractivity contribution in [1.82, 2.24) is 4.90 Å². The predicted octanol–water partition coefficient (Wildman–Crippen LogP) is 3.61. The standard InChI is InChI=1S/C18H22F2N2O2/c19-16(20)7-4-8-17(23)22-11-9-18(10-12-22)13-15(21-24-18)14-5-2-1-3-6-14/h1-3,5-6,16H,4,7-13H2. The molecule has 2 aliphatic rings. The summed E-state index contributed by atoms with van der Waals surface area (Å²) in [5.74, 6) is -0.0345. The molecular formula is C18H22F2N2O2. The molecule has 0 unspecified atom stereocenters. The predicted molar refractivity (Wildman–Crippen MR) is 87.1 cm³/mol. The molecule has 1 aromatic carbocycles. The van der Waals surface area contributed by atoms with Gasteiger partial charge in [0.15, 0.2) is 0 Å². The summed E-state index contributed by atoms with van der Waals surface area (Å²) < 4.78 is 24.3. The van der Waals surface area contributed by atoms with E-state index in [1.54, 1.807) is 4.90 Å². The molecule has 0 aliphatic carbocycles. The molecule has 0 saturated carbocycles. The van der Waals surface area contributed by atoms with Gasteiger partial charge >= 0.3 is 0 Å². The Kier molecular flexibility index (Phi) is 5.11. The second kappa shape index (κ2) is 7.28. The molecule has 130 valence electrons. The lowest BCUT2D eigenvalue weighted by molar-refractivity contribution is -0.137. The number of piperidine rings is 1. The van der Waals surface area contributed by atoms with Gasteiger partial charge in [-0.3, -0.25) is 4.79 Å². The number of carbonyl (C=O) groups excluding carboxylic acids is 1. The van der Waals surface area contributed by atoms with Crippen molar-refractivity contribution in [3.8, 4) is 0 Å². The number of benzene rings is 1. The van der Waals surface area contributed by atoms with Gasteiger partial charge in [-0.05, 0) is 12.0 Å². The Hall–Kier alpha value is -1.98. The lowest BCUT2D eigenvalue weighted by Crippen LogP contribution is -2.46. The Bertz CT molecular complexity index is 596. The van der Waals surface area contributed by atoms with Crippen molar-refractivity contribution in [3.63, 3.8) is 0 Å². The zero-order valence-electron chi connectivity index (χ0n) is 13.6. The summed E-state index contributed by atoms with van der Waals surface area (Å²) in [4.78, 5) is 19.6. The van der Waals surface area contributed by atoms with Gasteiger partial charge in [0.1, 0.15) is 5.60 Å². The monoisotopic (exact) mass is 336 g/mol. The van der Waals surface area contributed by atoms with Crippen LogP contribution in [0.15, 0.2) is 35.5 Å². The highest BCUT2D eigenvalue weighted by atomic mass is 19.3. The Morgan fingerprint density at radius 1 is 1.25 bits per heavy atom. The summed E-state index contributed by atoms with van der Waals surface area (Å²) in [6, 6.07) is 9.95. The van der Waals surface area contributed by atoms with Crippen LogP contribution in [-0.4, -0.2) is 41.6 Å². The first-order valence-corrected chi connectivity index (χ1v) is 8.44. The zero-order chi connectivity index (χ0) is 17.0. The van der Waals surface area contributed by atoms with E-state index in [0.29, 0.717) is 13.1 Å². The van der Waals surface area contributed by atoms with Gasteiger partial charge in [-0.2, -0.15) is 0 Å². The number of alkyl halides is 2. The molecular weight excluding hydrogens is 314 g/mol. The van der Waals surface area contributed by atoms with Crippen molar-refractivity contribution in [3.05, 3.63) is 35.9 Å². The molecule has 4 nitrogen and oxygen atoms in total. The molecule has 0 bridgehead atoms. The fraction of sp³-hybridized carbons (Fsp3) is 0.556. The second-order valence-electron chi connectivity index (χ2n) is 6.52. The molecule has 1 saturated heterocycles. The highest BCUT2D eigenvalue weighted by molar-refractivity contribution is 6.01. The fourth-order valence-corrected chi connectivity index (χ4v) is 3.30. The van der Waals surface area contributed by atoms with Gasteiger partial charge in [0.25, 0.3) is 0 Å². The van der Waals surface area contributed by atoms with Crippen LogP contribution in [-0.2, 0) is 9.63 Å². The van der Waals surface area contributed by atoms with Gasteiger partial charge in [-0.15, -0.1) is 0 Å². The minimum absolute atomic E-state index is 0.0345. The zero-order valence-corrected chi connectivity index (χ0v) is 13.6. The van der Waals surface area contributed by atoms with Crippen LogP contribution >= 0.6 is 0 Å². The lowest BCUT2D eigenvalue weighted by atomic mass is 9.85. The van der Waals surface area contributed by atoms with E-state index in [9.17, 15) is 13.6 Å². The highest BCUT2D eigenvalue weighted by Crippen LogP contribution is 2.36. The average Bonchev–Trinajstić information content (AvgIpc) is 3.00. The number of nitrogens with zero attached hydrogens (tertiary/aromatic N) is 2. The van der Waals surface area contributed by atoms with E-state index in [1.165, 1.54) is 0 Å². The lowest BCUT2D eigenvalue weighted by Gasteiger charge is -2.37. The third kappa shape index (κ3) is 3.91. The minimum Gasteiger partial charge on any atom is -0.388 e. The normalized spacial score (nSPS) is 19.5. The third-order valence-corrected chi connectivity index (χ3v) is 4.79. The number of halogens is 2. The van der Waals surface area contributed by atoms with Gasteiger partial charge in [0.2, 0.25) is 12.3 Å². The van der Waals surface area contributed by atoms with Gasteiger partial charge in [0.05, 0.1) is 5.71 Å². The first kappa shape index (κ1) is 16.9. The summed E-state index contributed by atoms with van der Waals surface area (Å²) in [6.07, 6.45) is 0.120. The summed E-state index contributed by atoms with van der Waals surface area (Å²) in [5, 5.41) is 4.25. The molecule has 1 aromatic rings. The Balaban J connectivity index is 1.48. The summed E-state index contributed by atoms with van der Waals surface area (Å²) in [7, 11) is 0. The molecule has 0 N–H and O–H groups in total. The van der Waals surface area contributed by atoms with E-state index in [4.69, 9.17) is 4.84 Å². The SMILES string of the molecule is O=C(CCCC(F)F)N1CCC2(CC1)CC(c1ccccc1)=NO2. The average molecular weight is 336 g/mol. The number of oxime groups is 1. The Labute approximate surface area is 140 Å². The summed E-state index contributed by atoms with van der Waals surface area (Å²) >= 11 is 0. The third-order valence-electron chi connectivity index (χ3n) is 4.79. The molecule has 2 heterocycles. The molecule has 0 radical (unpaired) electrons. The van der Waals surface area contributed by atoms with Gasteiger partial charge < -0.3 is 9.74 Å². The van der Waals surface area contributed by atoms with E-state index in [1.807, 2.05) is 30.3 Å². The number of carbonyl (C=O) groups is 1. The number of hydrogen-bond donors (Lipinski definition) is 0. The van der Waals surface area contributed by atoms with Gasteiger partial charge in [0, 0.05) is 45.2 Å². The van der Waals surface area contributed by atoms with Crippen LogP contribution in [0.3, 0.4) is 0 Å². The van der Waals surface area contributed by atoms with Crippen molar-refractivity contribution >= 4 is 11.6 Å². The van der Waals surface area contributed by atoms with Crippen LogP contribution in [0.1, 0.15) is 44.1 Å². The van der Waals surface area contributed by atoms with Crippen molar-refractivity contribution in [2.75, 3.05) is 13.1 Å². The summed E-state index contributed by atoms with van der Waals surface area (Å²) in [6.45, 7) is 1.20. The van der Waals surface area contributed by atoms with Crippen molar-refractivity contribution in [2.45, 2.75) is 50.6 Å². The van der Waals surface area contributed by atoms with Crippen LogP contribution in [0.5, 0.6) is 0 Å². The maximum Gasteiger partial charge on any atom is 0.238 e. The fourth-order valence-electron chi connectivity index (χ4n) is 3.30.